The number of carbonyl (C=O) groups is 3. The molecule has 0 spiro atoms. The van der Waals surface area contributed by atoms with E-state index in [0.717, 1.165) is 82.6 Å². The summed E-state index contributed by atoms with van der Waals surface area (Å²) in [6.45, 7) is 6.94. The van der Waals surface area contributed by atoms with Crippen LogP contribution < -0.4 is 20.1 Å². The highest BCUT2D eigenvalue weighted by molar-refractivity contribution is 7.89. The largest absolute Gasteiger partial charge is 0.518 e. The minimum absolute atomic E-state index is 0.00342. The van der Waals surface area contributed by atoms with E-state index in [9.17, 15) is 41.4 Å². The van der Waals surface area contributed by atoms with Gasteiger partial charge < -0.3 is 68.0 Å². The maximum Gasteiger partial charge on any atom is 0.518 e. The molecule has 4 N–H and O–H groups in total. The summed E-state index contributed by atoms with van der Waals surface area (Å²) in [5.41, 5.74) is 2.95. The molecule has 2 unspecified atom stereocenters. The second-order valence-electron chi connectivity index (χ2n) is 27.2. The van der Waals surface area contributed by atoms with Gasteiger partial charge in [-0.25, -0.2) is 35.7 Å². The fraction of sp³-hybridized carbons (Fsp3) is 0.480. The minimum Gasteiger partial charge on any atom is -0.489 e. The zero-order valence-corrected chi connectivity index (χ0v) is 62.8. The van der Waals surface area contributed by atoms with E-state index in [1.165, 1.54) is 24.3 Å². The summed E-state index contributed by atoms with van der Waals surface area (Å²) < 4.78 is 115. The number of sulfonamides is 2. The predicted molar refractivity (Wildman–Crippen MR) is 390 cm³/mol. The molecule has 2 aliphatic carbocycles. The number of hydrogen-bond acceptors (Lipinski definition) is 22. The lowest BCUT2D eigenvalue weighted by Gasteiger charge is -2.31. The number of ether oxygens (including phenoxy) is 9. The lowest BCUT2D eigenvalue weighted by Crippen LogP contribution is -2.51. The van der Waals surface area contributed by atoms with Crippen LogP contribution in [-0.2, 0) is 93.5 Å². The van der Waals surface area contributed by atoms with Gasteiger partial charge in [0.15, 0.2) is 12.6 Å². The number of fused-ring (bicyclic) bond motifs is 2. The van der Waals surface area contributed by atoms with Crippen LogP contribution in [0.5, 0.6) is 11.5 Å². The molecule has 105 heavy (non-hydrogen) atoms. The molecule has 6 aromatic carbocycles. The van der Waals surface area contributed by atoms with E-state index in [1.54, 1.807) is 45.0 Å². The number of hydroxylamine groups is 2. The normalized spacial score (nSPS) is 21.4. The van der Waals surface area contributed by atoms with Crippen LogP contribution in [0.25, 0.3) is 0 Å². The molecule has 6 aliphatic rings. The number of hydrogen-bond donors (Lipinski definition) is 4. The quantitative estimate of drug-likeness (QED) is 0.0147. The maximum absolute atomic E-state index is 14.0. The Morgan fingerprint density at radius 2 is 0.914 bits per heavy atom. The van der Waals surface area contributed by atoms with E-state index in [-0.39, 0.29) is 80.6 Å². The van der Waals surface area contributed by atoms with Crippen molar-refractivity contribution in [2.75, 3.05) is 39.5 Å². The zero-order valence-electron chi connectivity index (χ0n) is 59.1. The molecule has 4 heterocycles. The van der Waals surface area contributed by atoms with Gasteiger partial charge in [0.25, 0.3) is 28.6 Å². The van der Waals surface area contributed by atoms with Gasteiger partial charge in [-0.1, -0.05) is 156 Å². The summed E-state index contributed by atoms with van der Waals surface area (Å²) in [5, 5.41) is 28.5. The van der Waals surface area contributed by atoms with E-state index < -0.39 is 87.5 Å². The van der Waals surface area contributed by atoms with Gasteiger partial charge in [-0.05, 0) is 152 Å². The Morgan fingerprint density at radius 3 is 1.30 bits per heavy atom. The molecule has 4 aliphatic heterocycles. The third kappa shape index (κ3) is 24.6. The monoisotopic (exact) mass is 1530 g/mol. The zero-order chi connectivity index (χ0) is 74.2. The van der Waals surface area contributed by atoms with Gasteiger partial charge in [0.05, 0.1) is 97.6 Å². The van der Waals surface area contributed by atoms with E-state index in [4.69, 9.17) is 52.3 Å². The summed E-state index contributed by atoms with van der Waals surface area (Å²) >= 11 is 0. The van der Waals surface area contributed by atoms with Gasteiger partial charge >= 0.3 is 18.3 Å². The highest BCUT2D eigenvalue weighted by Crippen LogP contribution is 2.36. The van der Waals surface area contributed by atoms with Crippen molar-refractivity contribution >= 4 is 56.4 Å². The molecule has 11 atom stereocenters. The number of alkyl carbamates (subject to hydrolysis) is 2. The number of nitrogens with one attached hydrogen (secondary N) is 2. The summed E-state index contributed by atoms with van der Waals surface area (Å²) in [6, 6.07) is 48.6. The second kappa shape index (κ2) is 39.6. The molecule has 568 valence electrons. The first-order chi connectivity index (χ1) is 50.6. The standard InChI is InChI=1S/C35H42N2O9S.C33H42N2O7S.C7H11NO5P2/c38-32(31(21-25-9-3-1-4-10-25)36-35(39)45-33-24-44-34-30(33)19-20-42-34)22-37(46-28-13-7-8-14-28)47(40,41)29-17-15-27(16-18-29)43-23-26-11-5-2-6-12-26;1-33(2,3)41-32(37)34-30(22-25-12-6-4-7-13-25)31(36)23-35(42-28-16-10-11-17-28)43(38,39)29-20-18-27(19-21-29)40-24-26-14-8-5-9-15-26;9-7(13-15-8-14)12-5-3-11-6-4(5)1-2-10-6/h1-6,9-12,15-18,28,30-34,38H,7-8,13-14,19-24H2,(H,36,39);4-9,12-15,18-21,28,30-31,36H,10-11,16-17,22-24H2,1-3H3,(H,34,37);4-6H,1-3,14H2/t30-,31-,32+,33?,34+;30-,31+;4-,5-,6+/m000/s1. The number of nitrogens with zero attached hydrogens (tertiary/aromatic N) is 3. The average Bonchev–Trinajstić information content (AvgIpc) is 1.63. The van der Waals surface area contributed by atoms with Gasteiger partial charge in [0.2, 0.25) is 0 Å². The third-order valence-electron chi connectivity index (χ3n) is 18.3. The molecule has 6 aromatic rings. The first-order valence-corrected chi connectivity index (χ1v) is 39.6. The van der Waals surface area contributed by atoms with Crippen molar-refractivity contribution < 1.29 is 98.3 Å². The Bertz CT molecular complexity index is 3910. The molecule has 6 fully saturated rings. The SMILES string of the molecule is CC(C)(C)OC(=O)N[C@@H](Cc1ccccc1)[C@H](O)CN(OC1CCCC1)S(=O)(=O)c1ccc(OCc2ccccc2)cc1.O=C(N[C@@H](Cc1ccccc1)[C@H](O)CN(OC1CCCC1)S(=O)(=O)c1ccc(OCc2ccccc2)cc1)OC1CO[C@H]2OCC[C@@H]12.O=C(OP=NP)O[C@H]1CO[C@H]2OCC[C@H]21. The minimum atomic E-state index is -4.21. The van der Waals surface area contributed by atoms with Crippen molar-refractivity contribution in [2.24, 2.45) is 16.4 Å². The Hall–Kier alpha value is -7.24. The summed E-state index contributed by atoms with van der Waals surface area (Å²) in [5.74, 6) is 1.14. The van der Waals surface area contributed by atoms with Crippen LogP contribution in [-0.4, -0.2) is 161 Å². The van der Waals surface area contributed by atoms with Crippen LogP contribution in [0.15, 0.2) is 184 Å². The molecule has 26 nitrogen and oxygen atoms in total. The molecule has 30 heteroatoms. The number of benzene rings is 6. The molecule has 2 saturated carbocycles. The van der Waals surface area contributed by atoms with E-state index in [1.807, 2.05) is 121 Å². The average molecular weight is 1530 g/mol. The number of carbonyl (C=O) groups excluding carboxylic acids is 3. The number of rotatable bonds is 29. The number of amides is 2. The van der Waals surface area contributed by atoms with Gasteiger partial charge in [0, 0.05) is 0 Å². The molecule has 0 radical (unpaired) electrons. The fourth-order valence-corrected chi connectivity index (χ4v) is 15.7. The fourth-order valence-electron chi connectivity index (χ4n) is 12.8. The maximum atomic E-state index is 14.0. The van der Waals surface area contributed by atoms with Gasteiger partial charge in [-0.15, -0.1) is 0 Å². The lowest BCUT2D eigenvalue weighted by molar-refractivity contribution is -0.145. The van der Waals surface area contributed by atoms with Crippen molar-refractivity contribution in [3.8, 4) is 11.5 Å². The molecule has 2 amide bonds. The Morgan fingerprint density at radius 1 is 0.533 bits per heavy atom. The number of aliphatic hydroxyl groups is 2. The van der Waals surface area contributed by atoms with Crippen LogP contribution in [0, 0.1) is 11.8 Å². The van der Waals surface area contributed by atoms with Gasteiger partial charge in [0.1, 0.15) is 42.5 Å². The molecule has 4 saturated heterocycles. The Balaban J connectivity index is 0.000000188. The summed E-state index contributed by atoms with van der Waals surface area (Å²) in [6.07, 6.45) is 1.95. The van der Waals surface area contributed by atoms with Crippen LogP contribution in [0.3, 0.4) is 0 Å². The summed E-state index contributed by atoms with van der Waals surface area (Å²) in [7, 11) is -6.08. The van der Waals surface area contributed by atoms with E-state index >= 15 is 0 Å². The van der Waals surface area contributed by atoms with Crippen LogP contribution in [0.4, 0.5) is 14.4 Å². The predicted octanol–water partition coefficient (Wildman–Crippen LogP) is 12.0. The van der Waals surface area contributed by atoms with E-state index in [2.05, 4.69) is 29.1 Å². The molecular weight excluding hydrogens is 1430 g/mol. The van der Waals surface area contributed by atoms with Crippen molar-refractivity contribution in [3.05, 3.63) is 192 Å². The molecule has 0 aromatic heterocycles. The molecule has 0 bridgehead atoms. The Labute approximate surface area is 618 Å². The smallest absolute Gasteiger partial charge is 0.489 e. The van der Waals surface area contributed by atoms with Gasteiger partial charge in [-0.2, -0.15) is 0 Å². The summed E-state index contributed by atoms with van der Waals surface area (Å²) in [4.78, 5) is 49.1. The van der Waals surface area contributed by atoms with E-state index in [0.29, 0.717) is 57.4 Å². The van der Waals surface area contributed by atoms with Gasteiger partial charge in [-0.3, -0.25) is 9.68 Å². The third-order valence-corrected chi connectivity index (χ3v) is 22.1. The molecule has 12 rings (SSSR count). The highest BCUT2D eigenvalue weighted by Gasteiger charge is 2.46. The first-order valence-electron chi connectivity index (χ1n) is 35.4. The van der Waals surface area contributed by atoms with Crippen molar-refractivity contribution in [2.45, 2.75) is 188 Å². The van der Waals surface area contributed by atoms with Crippen molar-refractivity contribution in [1.29, 1.82) is 0 Å². The van der Waals surface area contributed by atoms with Crippen LogP contribution in [0.1, 0.15) is 107 Å². The van der Waals surface area contributed by atoms with Crippen molar-refractivity contribution in [1.82, 2.24) is 19.6 Å². The topological polar surface area (TPSA) is 314 Å². The van der Waals surface area contributed by atoms with Crippen LogP contribution in [0.2, 0.25) is 0 Å². The molecular formula is C75H95N5O21P2S2. The Kier molecular flexibility index (Phi) is 30.3. The second-order valence-corrected chi connectivity index (χ2v) is 32.1. The number of aliphatic hydroxyl groups excluding tert-OH is 2. The van der Waals surface area contributed by atoms with Crippen molar-refractivity contribution in [3.63, 3.8) is 0 Å². The first kappa shape index (κ1) is 80.3. The van der Waals surface area contributed by atoms with Crippen LogP contribution >= 0.6 is 18.0 Å². The lowest BCUT2D eigenvalue weighted by atomic mass is 10.0. The highest BCUT2D eigenvalue weighted by atomic mass is 32.2.